The van der Waals surface area contributed by atoms with Crippen molar-refractivity contribution in [3.05, 3.63) is 10.6 Å². The third-order valence-corrected chi connectivity index (χ3v) is 3.91. The van der Waals surface area contributed by atoms with Gasteiger partial charge in [-0.2, -0.15) is 0 Å². The molecule has 1 heterocycles. The van der Waals surface area contributed by atoms with Gasteiger partial charge in [0, 0.05) is 18.0 Å². The van der Waals surface area contributed by atoms with Gasteiger partial charge in [0.2, 0.25) is 0 Å². The summed E-state index contributed by atoms with van der Waals surface area (Å²) in [5, 5.41) is 0.968. The van der Waals surface area contributed by atoms with E-state index in [1.165, 1.54) is 11.3 Å². The van der Waals surface area contributed by atoms with Crippen molar-refractivity contribution in [1.82, 2.24) is 4.98 Å². The monoisotopic (exact) mass is 282 g/mol. The molecule has 0 bridgehead atoms. The van der Waals surface area contributed by atoms with E-state index in [1.807, 2.05) is 0 Å². The van der Waals surface area contributed by atoms with Gasteiger partial charge >= 0.3 is 0 Å². The second-order valence-electron chi connectivity index (χ2n) is 6.72. The standard InChI is InChI=1S/C15H26N2OS/c1-10(2)8-17(11(3)4)14-16-13(15(5,6)7)12(9-18)19-14/h9-11H,8H2,1-7H3. The molecule has 0 radical (unpaired) electrons. The predicted molar refractivity (Wildman–Crippen MR) is 83.5 cm³/mol. The minimum Gasteiger partial charge on any atom is -0.345 e. The first-order chi connectivity index (χ1) is 8.66. The van der Waals surface area contributed by atoms with Gasteiger partial charge in [-0.15, -0.1) is 0 Å². The lowest BCUT2D eigenvalue weighted by Crippen LogP contribution is -2.34. The fourth-order valence-electron chi connectivity index (χ4n) is 1.96. The van der Waals surface area contributed by atoms with Crippen LogP contribution in [-0.4, -0.2) is 23.9 Å². The molecule has 0 N–H and O–H groups in total. The van der Waals surface area contributed by atoms with Crippen LogP contribution in [0.5, 0.6) is 0 Å². The molecule has 1 aromatic heterocycles. The fourth-order valence-corrected chi connectivity index (χ4v) is 3.20. The maximum atomic E-state index is 11.3. The van der Waals surface area contributed by atoms with Crippen LogP contribution >= 0.6 is 11.3 Å². The van der Waals surface area contributed by atoms with Crippen LogP contribution in [-0.2, 0) is 5.41 Å². The molecule has 1 rings (SSSR count). The maximum absolute atomic E-state index is 11.3. The fraction of sp³-hybridized carbons (Fsp3) is 0.733. The van der Waals surface area contributed by atoms with Crippen molar-refractivity contribution >= 4 is 22.8 Å². The van der Waals surface area contributed by atoms with E-state index < -0.39 is 0 Å². The SMILES string of the molecule is CC(C)CN(c1nc(C(C)(C)C)c(C=O)s1)C(C)C. The van der Waals surface area contributed by atoms with Crippen LogP contribution in [0.25, 0.3) is 0 Å². The molecule has 0 aliphatic carbocycles. The maximum Gasteiger partial charge on any atom is 0.186 e. The van der Waals surface area contributed by atoms with Gasteiger partial charge in [-0.1, -0.05) is 46.0 Å². The van der Waals surface area contributed by atoms with E-state index in [4.69, 9.17) is 4.98 Å². The quantitative estimate of drug-likeness (QED) is 0.762. The van der Waals surface area contributed by atoms with Crippen molar-refractivity contribution < 1.29 is 4.79 Å². The topological polar surface area (TPSA) is 33.2 Å². The molecule has 0 aromatic carbocycles. The summed E-state index contributed by atoms with van der Waals surface area (Å²) in [6.07, 6.45) is 0.940. The molecule has 108 valence electrons. The van der Waals surface area contributed by atoms with Gasteiger partial charge in [0.05, 0.1) is 10.6 Å². The summed E-state index contributed by atoms with van der Waals surface area (Å²) in [6.45, 7) is 16.0. The zero-order valence-electron chi connectivity index (χ0n) is 13.2. The second-order valence-corrected chi connectivity index (χ2v) is 7.73. The number of hydrogen-bond acceptors (Lipinski definition) is 4. The van der Waals surface area contributed by atoms with Gasteiger partial charge in [0.25, 0.3) is 0 Å². The number of carbonyl (C=O) groups excluding carboxylic acids is 1. The highest BCUT2D eigenvalue weighted by Gasteiger charge is 2.25. The Bertz CT molecular complexity index is 430. The van der Waals surface area contributed by atoms with Crippen LogP contribution in [0.3, 0.4) is 0 Å². The normalized spacial score (nSPS) is 12.3. The number of carbonyl (C=O) groups is 1. The molecule has 0 unspecified atom stereocenters. The summed E-state index contributed by atoms with van der Waals surface area (Å²) in [4.78, 5) is 19.0. The number of anilines is 1. The number of rotatable bonds is 5. The van der Waals surface area contributed by atoms with Gasteiger partial charge in [0.1, 0.15) is 0 Å². The first-order valence-corrected chi connectivity index (χ1v) is 7.71. The molecule has 4 heteroatoms. The minimum atomic E-state index is -0.0918. The first kappa shape index (κ1) is 16.2. The number of nitrogens with zero attached hydrogens (tertiary/aromatic N) is 2. The average molecular weight is 282 g/mol. The summed E-state index contributed by atoms with van der Waals surface area (Å²) in [7, 11) is 0. The number of hydrogen-bond donors (Lipinski definition) is 0. The Morgan fingerprint density at radius 2 is 1.84 bits per heavy atom. The van der Waals surface area contributed by atoms with Gasteiger partial charge in [0.15, 0.2) is 11.4 Å². The second kappa shape index (κ2) is 6.04. The van der Waals surface area contributed by atoms with E-state index in [0.717, 1.165) is 28.5 Å². The van der Waals surface area contributed by atoms with Crippen molar-refractivity contribution in [3.8, 4) is 0 Å². The van der Waals surface area contributed by atoms with E-state index in [-0.39, 0.29) is 5.41 Å². The molecule has 0 fully saturated rings. The molecule has 0 aliphatic heterocycles. The van der Waals surface area contributed by atoms with Gasteiger partial charge in [-0.25, -0.2) is 4.98 Å². The van der Waals surface area contributed by atoms with E-state index in [1.54, 1.807) is 0 Å². The molecular formula is C15H26N2OS. The van der Waals surface area contributed by atoms with Crippen molar-refractivity contribution in [2.75, 3.05) is 11.4 Å². The summed E-state index contributed by atoms with van der Waals surface area (Å²) < 4.78 is 0. The van der Waals surface area contributed by atoms with Gasteiger partial charge < -0.3 is 4.90 Å². The number of thiazole rings is 1. The van der Waals surface area contributed by atoms with E-state index in [2.05, 4.69) is 53.4 Å². The number of aldehydes is 1. The summed E-state index contributed by atoms with van der Waals surface area (Å²) in [5.74, 6) is 0.573. The minimum absolute atomic E-state index is 0.0918. The lowest BCUT2D eigenvalue weighted by molar-refractivity contribution is 0.112. The van der Waals surface area contributed by atoms with Crippen LogP contribution in [0, 0.1) is 5.92 Å². The molecule has 1 aromatic rings. The Labute approximate surface area is 121 Å². The Kier molecular flexibility index (Phi) is 5.13. The number of aromatic nitrogens is 1. The summed E-state index contributed by atoms with van der Waals surface area (Å²) in [5.41, 5.74) is 0.822. The zero-order valence-corrected chi connectivity index (χ0v) is 14.0. The molecule has 19 heavy (non-hydrogen) atoms. The lowest BCUT2D eigenvalue weighted by Gasteiger charge is -2.28. The van der Waals surface area contributed by atoms with Gasteiger partial charge in [-0.3, -0.25) is 4.79 Å². The molecule has 0 atom stereocenters. The Morgan fingerprint density at radius 1 is 1.26 bits per heavy atom. The van der Waals surface area contributed by atoms with Crippen molar-refractivity contribution in [2.45, 2.75) is 59.9 Å². The average Bonchev–Trinajstić information content (AvgIpc) is 2.68. The third kappa shape index (κ3) is 4.03. The van der Waals surface area contributed by atoms with Crippen LogP contribution in [0.1, 0.15) is 63.8 Å². The van der Waals surface area contributed by atoms with Crippen LogP contribution in [0.2, 0.25) is 0 Å². The van der Waals surface area contributed by atoms with E-state index in [0.29, 0.717) is 12.0 Å². The molecule has 0 saturated heterocycles. The molecule has 0 spiro atoms. The predicted octanol–water partition coefficient (Wildman–Crippen LogP) is 4.12. The van der Waals surface area contributed by atoms with E-state index >= 15 is 0 Å². The Morgan fingerprint density at radius 3 is 2.16 bits per heavy atom. The summed E-state index contributed by atoms with van der Waals surface area (Å²) in [6, 6.07) is 0.390. The first-order valence-electron chi connectivity index (χ1n) is 6.90. The highest BCUT2D eigenvalue weighted by Crippen LogP contribution is 2.33. The Balaban J connectivity index is 3.19. The Hall–Kier alpha value is -0.900. The van der Waals surface area contributed by atoms with E-state index in [9.17, 15) is 4.79 Å². The van der Waals surface area contributed by atoms with Gasteiger partial charge in [-0.05, 0) is 19.8 Å². The largest absolute Gasteiger partial charge is 0.345 e. The van der Waals surface area contributed by atoms with Crippen LogP contribution in [0.4, 0.5) is 5.13 Å². The summed E-state index contributed by atoms with van der Waals surface area (Å²) >= 11 is 1.51. The highest BCUT2D eigenvalue weighted by atomic mass is 32.1. The molecule has 0 aliphatic rings. The molecule has 0 saturated carbocycles. The molecule has 0 amide bonds. The highest BCUT2D eigenvalue weighted by molar-refractivity contribution is 7.17. The van der Waals surface area contributed by atoms with Crippen LogP contribution < -0.4 is 4.90 Å². The third-order valence-electron chi connectivity index (χ3n) is 2.89. The molecule has 3 nitrogen and oxygen atoms in total. The van der Waals surface area contributed by atoms with Crippen molar-refractivity contribution in [3.63, 3.8) is 0 Å². The van der Waals surface area contributed by atoms with Crippen LogP contribution in [0.15, 0.2) is 0 Å². The molecular weight excluding hydrogens is 256 g/mol. The van der Waals surface area contributed by atoms with Crippen molar-refractivity contribution in [1.29, 1.82) is 0 Å². The smallest absolute Gasteiger partial charge is 0.186 e. The zero-order chi connectivity index (χ0) is 14.8. The lowest BCUT2D eigenvalue weighted by atomic mass is 9.91. The van der Waals surface area contributed by atoms with Crippen molar-refractivity contribution in [2.24, 2.45) is 5.92 Å².